The second-order valence-corrected chi connectivity index (χ2v) is 7.53. The third-order valence-electron chi connectivity index (χ3n) is 6.00. The van der Waals surface area contributed by atoms with Crippen molar-refractivity contribution in [2.45, 2.75) is 44.7 Å². The number of nitrogens with zero attached hydrogens (tertiary/aromatic N) is 2. The fourth-order valence-corrected chi connectivity index (χ4v) is 4.53. The van der Waals surface area contributed by atoms with Crippen LogP contribution in [0, 0.1) is 11.8 Å². The number of benzene rings is 1. The van der Waals surface area contributed by atoms with Crippen molar-refractivity contribution in [1.82, 2.24) is 20.4 Å². The second-order valence-electron chi connectivity index (χ2n) is 7.53. The van der Waals surface area contributed by atoms with Gasteiger partial charge >= 0.3 is 0 Å². The van der Waals surface area contributed by atoms with Crippen molar-refractivity contribution in [2.24, 2.45) is 11.8 Å². The van der Waals surface area contributed by atoms with Crippen LogP contribution < -0.4 is 10.6 Å². The van der Waals surface area contributed by atoms with Crippen molar-refractivity contribution >= 4 is 11.8 Å². The van der Waals surface area contributed by atoms with Crippen molar-refractivity contribution in [3.05, 3.63) is 53.3 Å². The topological polar surface area (TPSA) is 76.0 Å². The van der Waals surface area contributed by atoms with Gasteiger partial charge in [0, 0.05) is 19.2 Å². The van der Waals surface area contributed by atoms with E-state index in [2.05, 4.69) is 22.7 Å². The summed E-state index contributed by atoms with van der Waals surface area (Å²) in [5.41, 5.74) is 1.80. The first-order valence-electron chi connectivity index (χ1n) is 9.81. The highest BCUT2D eigenvalue weighted by molar-refractivity contribution is 5.98. The molecule has 1 aromatic carbocycles. The average molecular weight is 366 g/mol. The summed E-state index contributed by atoms with van der Waals surface area (Å²) < 4.78 is 1.72. The molecule has 3 atom stereocenters. The quantitative estimate of drug-likeness (QED) is 0.825. The molecule has 2 aromatic rings. The Labute approximate surface area is 159 Å². The van der Waals surface area contributed by atoms with E-state index in [1.807, 2.05) is 30.3 Å². The lowest BCUT2D eigenvalue weighted by molar-refractivity contribution is 0.0930. The molecule has 2 N–H and O–H groups in total. The molecular weight excluding hydrogens is 340 g/mol. The van der Waals surface area contributed by atoms with Crippen molar-refractivity contribution < 1.29 is 9.59 Å². The Bertz CT molecular complexity index is 835. The van der Waals surface area contributed by atoms with Crippen LogP contribution in [0.3, 0.4) is 0 Å². The van der Waals surface area contributed by atoms with E-state index < -0.39 is 0 Å². The minimum absolute atomic E-state index is 0.0935. The highest BCUT2D eigenvalue weighted by atomic mass is 16.2. The zero-order valence-corrected chi connectivity index (χ0v) is 15.8. The molecule has 6 heteroatoms. The summed E-state index contributed by atoms with van der Waals surface area (Å²) in [5, 5.41) is 10.3. The van der Waals surface area contributed by atoms with E-state index in [1.165, 1.54) is 19.3 Å². The zero-order chi connectivity index (χ0) is 19.0. The number of aromatic nitrogens is 2. The van der Waals surface area contributed by atoms with E-state index in [1.54, 1.807) is 17.8 Å². The Morgan fingerprint density at radius 1 is 1.19 bits per heavy atom. The predicted molar refractivity (Wildman–Crippen MR) is 103 cm³/mol. The molecule has 27 heavy (non-hydrogen) atoms. The highest BCUT2D eigenvalue weighted by Crippen LogP contribution is 2.51. The maximum atomic E-state index is 13.0. The van der Waals surface area contributed by atoms with Crippen molar-refractivity contribution in [3.8, 4) is 0 Å². The second kappa shape index (κ2) is 7.18. The molecular formula is C21H26N4O2. The monoisotopic (exact) mass is 366 g/mol. The molecule has 0 spiro atoms. The van der Waals surface area contributed by atoms with Crippen LogP contribution in [0.1, 0.15) is 65.2 Å². The number of nitrogens with one attached hydrogen (secondary N) is 2. The number of hydrogen-bond acceptors (Lipinski definition) is 3. The lowest BCUT2D eigenvalue weighted by Crippen LogP contribution is -2.31. The Hall–Kier alpha value is -2.63. The van der Waals surface area contributed by atoms with Gasteiger partial charge in [0.05, 0.1) is 6.04 Å². The van der Waals surface area contributed by atoms with E-state index in [0.717, 1.165) is 12.0 Å². The average Bonchev–Trinajstić information content (AvgIpc) is 3.09. The van der Waals surface area contributed by atoms with Gasteiger partial charge < -0.3 is 10.6 Å². The van der Waals surface area contributed by atoms with Crippen LogP contribution >= 0.6 is 0 Å². The Balaban J connectivity index is 1.65. The Morgan fingerprint density at radius 2 is 1.89 bits per heavy atom. The number of rotatable bonds is 6. The lowest BCUT2D eigenvalue weighted by Gasteiger charge is -2.19. The summed E-state index contributed by atoms with van der Waals surface area (Å²) in [5.74, 6) is 0.861. The van der Waals surface area contributed by atoms with Gasteiger partial charge in [-0.25, -0.2) is 0 Å². The van der Waals surface area contributed by atoms with Gasteiger partial charge in [-0.2, -0.15) is 5.10 Å². The molecule has 0 saturated heterocycles. The Kier molecular flexibility index (Phi) is 4.72. The molecule has 2 amide bonds. The molecule has 1 heterocycles. The number of amides is 2. The van der Waals surface area contributed by atoms with Crippen LogP contribution in [0.25, 0.3) is 0 Å². The van der Waals surface area contributed by atoms with Gasteiger partial charge in [-0.05, 0) is 36.7 Å². The normalized spacial score (nSPS) is 24.1. The van der Waals surface area contributed by atoms with Crippen LogP contribution in [-0.2, 0) is 0 Å². The SMILES string of the molecule is CCC(c1ccccc1)n1nc(C(=O)NC)cc1C(=O)NC1C2CCCC21. The highest BCUT2D eigenvalue weighted by Gasteiger charge is 2.53. The molecule has 1 aromatic heterocycles. The molecule has 0 aliphatic heterocycles. The van der Waals surface area contributed by atoms with Crippen LogP contribution in [0.4, 0.5) is 0 Å². The summed E-state index contributed by atoms with van der Waals surface area (Å²) in [7, 11) is 1.57. The maximum absolute atomic E-state index is 13.0. The first-order chi connectivity index (χ1) is 13.1. The maximum Gasteiger partial charge on any atom is 0.271 e. The molecule has 2 saturated carbocycles. The third kappa shape index (κ3) is 3.24. The molecule has 142 valence electrons. The molecule has 2 aliphatic carbocycles. The number of fused-ring (bicyclic) bond motifs is 1. The first kappa shape index (κ1) is 17.8. The van der Waals surface area contributed by atoms with Crippen LogP contribution in [0.5, 0.6) is 0 Å². The Morgan fingerprint density at radius 3 is 2.52 bits per heavy atom. The summed E-state index contributed by atoms with van der Waals surface area (Å²) in [6.07, 6.45) is 4.46. The fraction of sp³-hybridized carbons (Fsp3) is 0.476. The lowest BCUT2D eigenvalue weighted by atomic mass is 10.0. The standard InChI is InChI=1S/C21H26N4O2/c1-3-17(13-8-5-4-6-9-13)25-18(12-16(24-25)20(26)22-2)21(27)23-19-14-10-7-11-15(14)19/h4-6,8-9,12,14-15,17,19H,3,7,10-11H2,1-2H3,(H,22,26)(H,23,27). The van der Waals surface area contributed by atoms with Gasteiger partial charge in [0.15, 0.2) is 5.69 Å². The van der Waals surface area contributed by atoms with Crippen molar-refractivity contribution in [2.75, 3.05) is 7.05 Å². The first-order valence-corrected chi connectivity index (χ1v) is 9.81. The number of carbonyl (C=O) groups is 2. The minimum Gasteiger partial charge on any atom is -0.354 e. The van der Waals surface area contributed by atoms with Crippen molar-refractivity contribution in [1.29, 1.82) is 0 Å². The van der Waals surface area contributed by atoms with Crippen molar-refractivity contribution in [3.63, 3.8) is 0 Å². The predicted octanol–water partition coefficient (Wildman–Crippen LogP) is 2.77. The van der Waals surface area contributed by atoms with Crippen LogP contribution in [-0.4, -0.2) is 34.7 Å². The summed E-state index contributed by atoms with van der Waals surface area (Å²) >= 11 is 0. The molecule has 2 aliphatic rings. The third-order valence-corrected chi connectivity index (χ3v) is 6.00. The summed E-state index contributed by atoms with van der Waals surface area (Å²) in [6, 6.07) is 11.8. The van der Waals surface area contributed by atoms with Gasteiger partial charge in [-0.1, -0.05) is 43.7 Å². The summed E-state index contributed by atoms with van der Waals surface area (Å²) in [6.45, 7) is 2.06. The van der Waals surface area contributed by atoms with E-state index in [-0.39, 0.29) is 29.6 Å². The van der Waals surface area contributed by atoms with E-state index >= 15 is 0 Å². The van der Waals surface area contributed by atoms with Crippen LogP contribution in [0.15, 0.2) is 36.4 Å². The zero-order valence-electron chi connectivity index (χ0n) is 15.8. The molecule has 3 unspecified atom stereocenters. The van der Waals surface area contributed by atoms with Gasteiger partial charge in [-0.15, -0.1) is 0 Å². The fourth-order valence-electron chi connectivity index (χ4n) is 4.53. The minimum atomic E-state index is -0.283. The number of hydrogen-bond donors (Lipinski definition) is 2. The molecule has 4 rings (SSSR count). The molecule has 2 fully saturated rings. The van der Waals surface area contributed by atoms with Gasteiger partial charge in [0.1, 0.15) is 5.69 Å². The molecule has 0 bridgehead atoms. The summed E-state index contributed by atoms with van der Waals surface area (Å²) in [4.78, 5) is 25.1. The smallest absolute Gasteiger partial charge is 0.271 e. The molecule has 6 nitrogen and oxygen atoms in total. The van der Waals surface area contributed by atoms with E-state index in [4.69, 9.17) is 0 Å². The van der Waals surface area contributed by atoms with E-state index in [0.29, 0.717) is 17.5 Å². The number of carbonyl (C=O) groups excluding carboxylic acids is 2. The van der Waals surface area contributed by atoms with Gasteiger partial charge in [-0.3, -0.25) is 14.3 Å². The van der Waals surface area contributed by atoms with Gasteiger partial charge in [0.2, 0.25) is 0 Å². The largest absolute Gasteiger partial charge is 0.354 e. The van der Waals surface area contributed by atoms with Crippen LogP contribution in [0.2, 0.25) is 0 Å². The van der Waals surface area contributed by atoms with E-state index in [9.17, 15) is 9.59 Å². The van der Waals surface area contributed by atoms with Gasteiger partial charge in [0.25, 0.3) is 11.8 Å². The molecule has 0 radical (unpaired) electrons.